The highest BCUT2D eigenvalue weighted by atomic mass is 19.4. The van der Waals surface area contributed by atoms with Crippen molar-refractivity contribution in [1.82, 2.24) is 10.2 Å². The lowest BCUT2D eigenvalue weighted by Gasteiger charge is -2.35. The maximum Gasteiger partial charge on any atom is 0.401 e. The molecule has 0 rings (SSSR count). The topological polar surface area (TPSA) is 41.6 Å². The van der Waals surface area contributed by atoms with Crippen molar-refractivity contribution in [2.75, 3.05) is 26.7 Å². The van der Waals surface area contributed by atoms with Crippen LogP contribution in [0.25, 0.3) is 0 Å². The van der Waals surface area contributed by atoms with Crippen LogP contribution in [0.15, 0.2) is 0 Å². The van der Waals surface area contributed by atoms with Gasteiger partial charge in [0.1, 0.15) is 5.54 Å². The van der Waals surface area contributed by atoms with Crippen molar-refractivity contribution >= 4 is 5.97 Å². The van der Waals surface area contributed by atoms with Gasteiger partial charge in [-0.3, -0.25) is 9.69 Å². The largest absolute Gasteiger partial charge is 0.465 e. The second kappa shape index (κ2) is 8.58. The molecule has 0 aliphatic rings. The number of esters is 1. The molecule has 0 amide bonds. The van der Waals surface area contributed by atoms with E-state index in [1.807, 2.05) is 6.92 Å². The van der Waals surface area contributed by atoms with E-state index in [0.717, 1.165) is 0 Å². The first-order valence-corrected chi connectivity index (χ1v) is 7.26. The molecular weight excluding hydrogens is 285 g/mol. The molecule has 1 N–H and O–H groups in total. The molecule has 0 aliphatic heterocycles. The minimum Gasteiger partial charge on any atom is -0.465 e. The van der Waals surface area contributed by atoms with Crippen molar-refractivity contribution in [1.29, 1.82) is 0 Å². The molecule has 0 aromatic heterocycles. The lowest BCUT2D eigenvalue weighted by molar-refractivity contribution is -0.155. The molecule has 0 aromatic carbocycles. The first-order chi connectivity index (χ1) is 9.59. The summed E-state index contributed by atoms with van der Waals surface area (Å²) in [5.74, 6) is -0.442. The Labute approximate surface area is 125 Å². The Morgan fingerprint density at radius 3 is 2.29 bits per heavy atom. The third-order valence-electron chi connectivity index (χ3n) is 3.50. The predicted molar refractivity (Wildman–Crippen MR) is 76.1 cm³/mol. The van der Waals surface area contributed by atoms with Crippen LogP contribution in [0.5, 0.6) is 0 Å². The third kappa shape index (κ3) is 7.13. The zero-order valence-corrected chi connectivity index (χ0v) is 13.5. The average molecular weight is 312 g/mol. The summed E-state index contributed by atoms with van der Waals surface area (Å²) >= 11 is 0. The van der Waals surface area contributed by atoms with Crippen LogP contribution < -0.4 is 5.32 Å². The summed E-state index contributed by atoms with van der Waals surface area (Å²) < 4.78 is 42.9. The second-order valence-corrected chi connectivity index (χ2v) is 5.44. The molecule has 2 atom stereocenters. The lowest BCUT2D eigenvalue weighted by Crippen LogP contribution is -2.53. The predicted octanol–water partition coefficient (Wildman–Crippen LogP) is 2.58. The van der Waals surface area contributed by atoms with Crippen LogP contribution in [-0.2, 0) is 9.53 Å². The van der Waals surface area contributed by atoms with Crippen molar-refractivity contribution in [2.24, 2.45) is 0 Å². The number of likely N-dealkylation sites (N-methyl/N-ethyl adjacent to an activating group) is 1. The van der Waals surface area contributed by atoms with E-state index >= 15 is 0 Å². The number of rotatable bonds is 9. The Bertz CT molecular complexity index is 324. The Morgan fingerprint density at radius 1 is 1.33 bits per heavy atom. The molecule has 0 heterocycles. The normalized spacial score (nSPS) is 16.6. The van der Waals surface area contributed by atoms with E-state index in [2.05, 4.69) is 5.32 Å². The van der Waals surface area contributed by atoms with Gasteiger partial charge in [-0.1, -0.05) is 6.92 Å². The number of nitrogens with one attached hydrogen (secondary N) is 1. The summed E-state index contributed by atoms with van der Waals surface area (Å²) in [6.45, 7) is 6.50. The number of hydrogen-bond donors (Lipinski definition) is 1. The summed E-state index contributed by atoms with van der Waals surface area (Å²) in [5.41, 5.74) is -0.993. The van der Waals surface area contributed by atoms with Crippen molar-refractivity contribution in [3.63, 3.8) is 0 Å². The number of carbonyl (C=O) groups excluding carboxylic acids is 1. The first-order valence-electron chi connectivity index (χ1n) is 7.26. The van der Waals surface area contributed by atoms with Crippen LogP contribution in [0.3, 0.4) is 0 Å². The molecule has 0 fully saturated rings. The van der Waals surface area contributed by atoms with Crippen LogP contribution in [0.1, 0.15) is 40.5 Å². The minimum atomic E-state index is -4.25. The van der Waals surface area contributed by atoms with Gasteiger partial charge in [0, 0.05) is 6.04 Å². The summed E-state index contributed by atoms with van der Waals surface area (Å²) in [4.78, 5) is 13.3. The molecular formula is C14H27F3N2O2. The minimum absolute atomic E-state index is 0.242. The van der Waals surface area contributed by atoms with Gasteiger partial charge in [-0.25, -0.2) is 0 Å². The fourth-order valence-corrected chi connectivity index (χ4v) is 2.27. The summed E-state index contributed by atoms with van der Waals surface area (Å²) in [5, 5.41) is 2.87. The van der Waals surface area contributed by atoms with Gasteiger partial charge in [0.2, 0.25) is 0 Å². The molecule has 126 valence electrons. The van der Waals surface area contributed by atoms with Crippen LogP contribution in [-0.4, -0.2) is 55.4 Å². The molecule has 21 heavy (non-hydrogen) atoms. The summed E-state index contributed by atoms with van der Waals surface area (Å²) in [6, 6.07) is -0.395. The first kappa shape index (κ1) is 20.2. The summed E-state index contributed by atoms with van der Waals surface area (Å²) in [7, 11) is 1.61. The maximum absolute atomic E-state index is 12.6. The number of hydrogen-bond acceptors (Lipinski definition) is 4. The quantitative estimate of drug-likeness (QED) is 0.665. The fraction of sp³-hybridized carbons (Fsp3) is 0.929. The van der Waals surface area contributed by atoms with E-state index in [1.165, 1.54) is 4.90 Å². The van der Waals surface area contributed by atoms with E-state index in [9.17, 15) is 18.0 Å². The number of nitrogens with zero attached hydrogens (tertiary/aromatic N) is 1. The molecule has 4 nitrogen and oxygen atoms in total. The van der Waals surface area contributed by atoms with E-state index in [1.54, 1.807) is 27.8 Å². The zero-order valence-electron chi connectivity index (χ0n) is 13.5. The monoisotopic (exact) mass is 312 g/mol. The molecule has 0 saturated carbocycles. The van der Waals surface area contributed by atoms with Gasteiger partial charge < -0.3 is 10.1 Å². The van der Waals surface area contributed by atoms with Crippen LogP contribution in [0.2, 0.25) is 0 Å². The number of carbonyl (C=O) groups is 1. The van der Waals surface area contributed by atoms with Crippen molar-refractivity contribution < 1.29 is 22.7 Å². The maximum atomic E-state index is 12.6. The number of ether oxygens (including phenoxy) is 1. The molecule has 2 unspecified atom stereocenters. The zero-order chi connectivity index (χ0) is 16.7. The third-order valence-corrected chi connectivity index (χ3v) is 3.50. The standard InChI is InChI=1S/C14H27F3N2O2/c1-6-8-19(10-14(15,16)17)11(3)9-13(4,18-5)12(20)21-7-2/h11,18H,6-10H2,1-5H3. The Balaban J connectivity index is 4.92. The number of halogens is 3. The Morgan fingerprint density at radius 2 is 1.90 bits per heavy atom. The van der Waals surface area contributed by atoms with Crippen LogP contribution in [0, 0.1) is 0 Å². The van der Waals surface area contributed by atoms with Gasteiger partial charge >= 0.3 is 12.1 Å². The SMILES string of the molecule is CCCN(CC(F)(F)F)C(C)CC(C)(NC)C(=O)OCC. The Hall–Kier alpha value is -0.820. The van der Waals surface area contributed by atoms with Crippen molar-refractivity contribution in [3.8, 4) is 0 Å². The number of alkyl halides is 3. The highest BCUT2D eigenvalue weighted by molar-refractivity contribution is 5.80. The van der Waals surface area contributed by atoms with Gasteiger partial charge in [-0.05, 0) is 47.2 Å². The van der Waals surface area contributed by atoms with Gasteiger partial charge in [0.25, 0.3) is 0 Å². The van der Waals surface area contributed by atoms with E-state index in [0.29, 0.717) is 13.0 Å². The Kier molecular flexibility index (Phi) is 8.25. The van der Waals surface area contributed by atoms with E-state index < -0.39 is 30.3 Å². The highest BCUT2D eigenvalue weighted by Crippen LogP contribution is 2.23. The molecule has 0 radical (unpaired) electrons. The van der Waals surface area contributed by atoms with Crippen molar-refractivity contribution in [3.05, 3.63) is 0 Å². The molecule has 0 bridgehead atoms. The van der Waals surface area contributed by atoms with Gasteiger partial charge in [-0.2, -0.15) is 13.2 Å². The molecule has 0 saturated heterocycles. The molecule has 0 spiro atoms. The van der Waals surface area contributed by atoms with Crippen molar-refractivity contribution in [2.45, 2.75) is 58.3 Å². The lowest BCUT2D eigenvalue weighted by atomic mass is 9.93. The van der Waals surface area contributed by atoms with Gasteiger partial charge in [0.15, 0.2) is 0 Å². The summed E-state index contributed by atoms with van der Waals surface area (Å²) in [6.07, 6.45) is -3.38. The van der Waals surface area contributed by atoms with Gasteiger partial charge in [-0.15, -0.1) is 0 Å². The average Bonchev–Trinajstić information content (AvgIpc) is 2.36. The molecule has 0 aromatic rings. The molecule has 7 heteroatoms. The van der Waals surface area contributed by atoms with Crippen LogP contribution in [0.4, 0.5) is 13.2 Å². The van der Waals surface area contributed by atoms with Gasteiger partial charge in [0.05, 0.1) is 13.2 Å². The van der Waals surface area contributed by atoms with E-state index in [-0.39, 0.29) is 13.0 Å². The fourth-order valence-electron chi connectivity index (χ4n) is 2.27. The highest BCUT2D eigenvalue weighted by Gasteiger charge is 2.38. The second-order valence-electron chi connectivity index (χ2n) is 5.44. The van der Waals surface area contributed by atoms with Crippen LogP contribution >= 0.6 is 0 Å². The van der Waals surface area contributed by atoms with E-state index in [4.69, 9.17) is 4.74 Å². The molecule has 0 aliphatic carbocycles. The smallest absolute Gasteiger partial charge is 0.401 e.